The molecule has 1 fully saturated rings. The van der Waals surface area contributed by atoms with Crippen LogP contribution in [0.2, 0.25) is 0 Å². The highest BCUT2D eigenvalue weighted by Crippen LogP contribution is 2.42. The average Bonchev–Trinajstić information content (AvgIpc) is 2.91. The second-order valence-electron chi connectivity index (χ2n) is 6.65. The lowest BCUT2D eigenvalue weighted by atomic mass is 9.91. The number of hydrogen-bond acceptors (Lipinski definition) is 3. The molecule has 1 aliphatic carbocycles. The molecule has 2 unspecified atom stereocenters. The lowest BCUT2D eigenvalue weighted by Gasteiger charge is -2.27. The molecule has 108 valence electrons. The Kier molecular flexibility index (Phi) is 4.19. The lowest BCUT2D eigenvalue weighted by Crippen LogP contribution is -2.39. The highest BCUT2D eigenvalue weighted by molar-refractivity contribution is 5.30. The van der Waals surface area contributed by atoms with Crippen molar-refractivity contribution in [2.45, 2.75) is 51.5 Å². The minimum atomic E-state index is 0.184. The van der Waals surface area contributed by atoms with E-state index in [-0.39, 0.29) is 5.54 Å². The van der Waals surface area contributed by atoms with E-state index >= 15 is 0 Å². The molecule has 1 aromatic rings. The van der Waals surface area contributed by atoms with Crippen LogP contribution >= 0.6 is 0 Å². The van der Waals surface area contributed by atoms with E-state index in [0.717, 1.165) is 12.3 Å². The van der Waals surface area contributed by atoms with Gasteiger partial charge < -0.3 is 10.1 Å². The minimum absolute atomic E-state index is 0.184. The molecule has 0 amide bonds. The van der Waals surface area contributed by atoms with E-state index in [1.54, 1.807) is 7.11 Å². The van der Waals surface area contributed by atoms with Crippen LogP contribution in [0.4, 0.5) is 0 Å². The highest BCUT2D eigenvalue weighted by atomic mass is 16.5. The van der Waals surface area contributed by atoms with Gasteiger partial charge in [-0.1, -0.05) is 6.42 Å². The highest BCUT2D eigenvalue weighted by Gasteiger charge is 2.33. The van der Waals surface area contributed by atoms with E-state index in [4.69, 9.17) is 4.74 Å². The van der Waals surface area contributed by atoms with Gasteiger partial charge in [-0.25, -0.2) is 0 Å². The maximum Gasteiger partial charge on any atom is 0.160 e. The van der Waals surface area contributed by atoms with Crippen molar-refractivity contribution in [3.8, 4) is 5.75 Å². The molecule has 0 saturated heterocycles. The van der Waals surface area contributed by atoms with E-state index in [1.807, 2.05) is 17.9 Å². The van der Waals surface area contributed by atoms with Crippen molar-refractivity contribution in [1.29, 1.82) is 0 Å². The minimum Gasteiger partial charge on any atom is -0.493 e. The van der Waals surface area contributed by atoms with Gasteiger partial charge in [-0.05, 0) is 46.1 Å². The zero-order valence-corrected chi connectivity index (χ0v) is 12.9. The molecular formula is C15H27N3O. The molecule has 0 radical (unpaired) electrons. The van der Waals surface area contributed by atoms with Crippen molar-refractivity contribution in [1.82, 2.24) is 15.1 Å². The molecular weight excluding hydrogens is 238 g/mol. The summed E-state index contributed by atoms with van der Waals surface area (Å²) < 4.78 is 7.45. The molecule has 4 nitrogen and oxygen atoms in total. The molecule has 1 heterocycles. The molecule has 0 bridgehead atoms. The van der Waals surface area contributed by atoms with Gasteiger partial charge in [0.15, 0.2) is 5.75 Å². The van der Waals surface area contributed by atoms with E-state index in [9.17, 15) is 0 Å². The summed E-state index contributed by atoms with van der Waals surface area (Å²) in [6, 6.07) is 0. The van der Waals surface area contributed by atoms with Gasteiger partial charge in [-0.15, -0.1) is 0 Å². The van der Waals surface area contributed by atoms with Crippen LogP contribution in [0.15, 0.2) is 6.20 Å². The van der Waals surface area contributed by atoms with Crippen molar-refractivity contribution in [3.63, 3.8) is 0 Å². The second kappa shape index (κ2) is 5.53. The summed E-state index contributed by atoms with van der Waals surface area (Å²) in [5, 5.41) is 7.99. The van der Waals surface area contributed by atoms with E-state index in [1.165, 1.54) is 25.0 Å². The Morgan fingerprint density at radius 1 is 1.42 bits per heavy atom. The molecule has 4 heteroatoms. The maximum atomic E-state index is 5.47. The Bertz CT molecular complexity index is 420. The Labute approximate surface area is 116 Å². The van der Waals surface area contributed by atoms with Crippen LogP contribution in [0.25, 0.3) is 0 Å². The van der Waals surface area contributed by atoms with Gasteiger partial charge in [0.1, 0.15) is 0 Å². The molecule has 1 aliphatic rings. The zero-order valence-electron chi connectivity index (χ0n) is 12.9. The topological polar surface area (TPSA) is 39.1 Å². The molecule has 2 rings (SSSR count). The summed E-state index contributed by atoms with van der Waals surface area (Å²) >= 11 is 0. The van der Waals surface area contributed by atoms with Gasteiger partial charge in [0.05, 0.1) is 19.0 Å². The first-order valence-corrected chi connectivity index (χ1v) is 7.23. The Hall–Kier alpha value is -1.03. The van der Waals surface area contributed by atoms with Crippen molar-refractivity contribution >= 4 is 0 Å². The molecule has 0 spiro atoms. The number of hydrogen-bond donors (Lipinski definition) is 1. The SMILES string of the molecule is COc1cnn(C)c1C1CCCC1CNC(C)(C)C. The van der Waals surface area contributed by atoms with Gasteiger partial charge in [0.25, 0.3) is 0 Å². The monoisotopic (exact) mass is 265 g/mol. The normalized spacial score (nSPS) is 23.8. The molecule has 0 aromatic carbocycles. The Balaban J connectivity index is 2.12. The third kappa shape index (κ3) is 3.30. The molecule has 19 heavy (non-hydrogen) atoms. The first-order valence-electron chi connectivity index (χ1n) is 7.23. The van der Waals surface area contributed by atoms with Crippen LogP contribution in [0.3, 0.4) is 0 Å². The standard InChI is InChI=1S/C15H27N3O/c1-15(2,3)16-9-11-7-6-8-12(11)14-13(19-5)10-17-18(14)4/h10-12,16H,6-9H2,1-5H3. The van der Waals surface area contributed by atoms with E-state index in [2.05, 4.69) is 31.2 Å². The Morgan fingerprint density at radius 3 is 2.79 bits per heavy atom. The molecule has 2 atom stereocenters. The number of methoxy groups -OCH3 is 1. The van der Waals surface area contributed by atoms with Crippen LogP contribution < -0.4 is 10.1 Å². The zero-order chi connectivity index (χ0) is 14.0. The fraction of sp³-hybridized carbons (Fsp3) is 0.800. The summed E-state index contributed by atoms with van der Waals surface area (Å²) in [6.07, 6.45) is 5.67. The second-order valence-corrected chi connectivity index (χ2v) is 6.65. The smallest absolute Gasteiger partial charge is 0.160 e. The van der Waals surface area contributed by atoms with Gasteiger partial charge in [-0.3, -0.25) is 4.68 Å². The van der Waals surface area contributed by atoms with Crippen LogP contribution in [0.5, 0.6) is 5.75 Å². The molecule has 1 aromatic heterocycles. The van der Waals surface area contributed by atoms with Crippen molar-refractivity contribution in [3.05, 3.63) is 11.9 Å². The Morgan fingerprint density at radius 2 is 2.16 bits per heavy atom. The van der Waals surface area contributed by atoms with E-state index in [0.29, 0.717) is 11.8 Å². The van der Waals surface area contributed by atoms with Gasteiger partial charge in [-0.2, -0.15) is 5.10 Å². The number of nitrogens with zero attached hydrogens (tertiary/aromatic N) is 2. The van der Waals surface area contributed by atoms with Crippen LogP contribution in [0.1, 0.15) is 51.6 Å². The summed E-state index contributed by atoms with van der Waals surface area (Å²) in [4.78, 5) is 0. The molecule has 1 saturated carbocycles. The fourth-order valence-corrected chi connectivity index (χ4v) is 3.09. The first-order chi connectivity index (χ1) is 8.92. The molecule has 0 aliphatic heterocycles. The fourth-order valence-electron chi connectivity index (χ4n) is 3.09. The first kappa shape index (κ1) is 14.4. The number of ether oxygens (including phenoxy) is 1. The predicted molar refractivity (Wildman–Crippen MR) is 77.6 cm³/mol. The van der Waals surface area contributed by atoms with Crippen molar-refractivity contribution in [2.24, 2.45) is 13.0 Å². The van der Waals surface area contributed by atoms with Crippen LogP contribution in [0, 0.1) is 5.92 Å². The largest absolute Gasteiger partial charge is 0.493 e. The van der Waals surface area contributed by atoms with Gasteiger partial charge in [0, 0.05) is 18.5 Å². The summed E-state index contributed by atoms with van der Waals surface area (Å²) in [6.45, 7) is 7.74. The summed E-state index contributed by atoms with van der Waals surface area (Å²) in [5.74, 6) is 2.19. The van der Waals surface area contributed by atoms with Gasteiger partial charge in [0.2, 0.25) is 0 Å². The number of rotatable bonds is 4. The molecule has 1 N–H and O–H groups in total. The number of nitrogens with one attached hydrogen (secondary N) is 1. The van der Waals surface area contributed by atoms with E-state index < -0.39 is 0 Å². The lowest BCUT2D eigenvalue weighted by molar-refractivity contribution is 0.342. The van der Waals surface area contributed by atoms with Crippen molar-refractivity contribution < 1.29 is 4.74 Å². The van der Waals surface area contributed by atoms with Gasteiger partial charge >= 0.3 is 0 Å². The quantitative estimate of drug-likeness (QED) is 0.910. The third-order valence-corrected chi connectivity index (χ3v) is 4.07. The average molecular weight is 265 g/mol. The van der Waals surface area contributed by atoms with Crippen LogP contribution in [-0.4, -0.2) is 29.0 Å². The van der Waals surface area contributed by atoms with Crippen molar-refractivity contribution in [2.75, 3.05) is 13.7 Å². The summed E-state index contributed by atoms with van der Waals surface area (Å²) in [7, 11) is 3.75. The predicted octanol–water partition coefficient (Wildman–Crippen LogP) is 2.70. The summed E-state index contributed by atoms with van der Waals surface area (Å²) in [5.41, 5.74) is 1.45. The maximum absolute atomic E-state index is 5.47. The number of aromatic nitrogens is 2. The third-order valence-electron chi connectivity index (χ3n) is 4.07. The number of aryl methyl sites for hydroxylation is 1. The van der Waals surface area contributed by atoms with Crippen LogP contribution in [-0.2, 0) is 7.05 Å².